The number of hydrogen-bond acceptors (Lipinski definition) is 3. The summed E-state index contributed by atoms with van der Waals surface area (Å²) in [5.74, 6) is -0.316. The molecule has 1 rings (SSSR count). The molecular formula is C21H32O4. The van der Waals surface area contributed by atoms with Crippen molar-refractivity contribution in [3.63, 3.8) is 0 Å². The van der Waals surface area contributed by atoms with E-state index in [1.54, 1.807) is 0 Å². The van der Waals surface area contributed by atoms with E-state index in [4.69, 9.17) is 9.84 Å². The molecule has 0 aliphatic heterocycles. The van der Waals surface area contributed by atoms with Crippen molar-refractivity contribution in [2.24, 2.45) is 17.8 Å². The normalized spacial score (nSPS) is 13.9. The van der Waals surface area contributed by atoms with Gasteiger partial charge in [0.15, 0.2) is 0 Å². The number of carbonyl (C=O) groups excluding carboxylic acids is 1. The minimum Gasteiger partial charge on any atom is -0.481 e. The highest BCUT2D eigenvalue weighted by Crippen LogP contribution is 2.41. The van der Waals surface area contributed by atoms with Gasteiger partial charge in [0.05, 0.1) is 12.8 Å². The van der Waals surface area contributed by atoms with E-state index < -0.39 is 17.5 Å². The second-order valence-electron chi connectivity index (χ2n) is 7.80. The van der Waals surface area contributed by atoms with Crippen LogP contribution in [0, 0.1) is 17.8 Å². The fraction of sp³-hybridized carbons (Fsp3) is 0.619. The van der Waals surface area contributed by atoms with Gasteiger partial charge in [-0.25, -0.2) is 0 Å². The first-order valence-corrected chi connectivity index (χ1v) is 9.14. The van der Waals surface area contributed by atoms with E-state index in [2.05, 4.69) is 27.7 Å². The first-order valence-electron chi connectivity index (χ1n) is 9.14. The molecule has 1 aromatic rings. The average Bonchev–Trinajstić information content (AvgIpc) is 2.52. The van der Waals surface area contributed by atoms with Crippen LogP contribution in [0.5, 0.6) is 0 Å². The van der Waals surface area contributed by atoms with Crippen LogP contribution >= 0.6 is 0 Å². The molecule has 0 aliphatic rings. The second kappa shape index (κ2) is 9.59. The van der Waals surface area contributed by atoms with Crippen LogP contribution < -0.4 is 0 Å². The number of esters is 1. The Labute approximate surface area is 151 Å². The Kier molecular flexibility index (Phi) is 8.14. The molecule has 0 saturated carbocycles. The van der Waals surface area contributed by atoms with E-state index in [0.29, 0.717) is 11.8 Å². The van der Waals surface area contributed by atoms with Gasteiger partial charge < -0.3 is 9.84 Å². The smallest absolute Gasteiger partial charge is 0.307 e. The van der Waals surface area contributed by atoms with E-state index in [0.717, 1.165) is 18.4 Å². The van der Waals surface area contributed by atoms with Gasteiger partial charge >= 0.3 is 11.9 Å². The highest BCUT2D eigenvalue weighted by Gasteiger charge is 2.40. The minimum absolute atomic E-state index is 0.103. The summed E-state index contributed by atoms with van der Waals surface area (Å²) in [5, 5.41) is 8.82. The maximum absolute atomic E-state index is 12.3. The number of carboxylic acids is 1. The highest BCUT2D eigenvalue weighted by atomic mass is 16.6. The van der Waals surface area contributed by atoms with E-state index in [1.165, 1.54) is 0 Å². The quantitative estimate of drug-likeness (QED) is 0.603. The van der Waals surface area contributed by atoms with Crippen LogP contribution in [0.15, 0.2) is 30.3 Å². The van der Waals surface area contributed by atoms with E-state index in [9.17, 15) is 9.59 Å². The lowest BCUT2D eigenvalue weighted by atomic mass is 9.74. The summed E-state index contributed by atoms with van der Waals surface area (Å²) in [7, 11) is 0. The second-order valence-corrected chi connectivity index (χ2v) is 7.80. The summed E-state index contributed by atoms with van der Waals surface area (Å²) in [6.45, 7) is 10.7. The summed E-state index contributed by atoms with van der Waals surface area (Å²) in [4.78, 5) is 23.1. The summed E-state index contributed by atoms with van der Waals surface area (Å²) in [6, 6.07) is 9.80. The van der Waals surface area contributed by atoms with Crippen LogP contribution in [-0.2, 0) is 19.9 Å². The average molecular weight is 348 g/mol. The Morgan fingerprint density at radius 2 is 1.52 bits per heavy atom. The summed E-state index contributed by atoms with van der Waals surface area (Å²) in [6.07, 6.45) is 1.57. The number of rotatable bonds is 10. The molecule has 0 fully saturated rings. The van der Waals surface area contributed by atoms with Gasteiger partial charge in [0.25, 0.3) is 0 Å². The first kappa shape index (κ1) is 21.2. The molecule has 0 radical (unpaired) electrons. The Bertz CT molecular complexity index is 540. The minimum atomic E-state index is -0.987. The first-order chi connectivity index (χ1) is 11.6. The zero-order valence-electron chi connectivity index (χ0n) is 16.1. The largest absolute Gasteiger partial charge is 0.481 e. The molecule has 1 aromatic carbocycles. The lowest BCUT2D eigenvalue weighted by Crippen LogP contribution is -2.39. The number of benzene rings is 1. The summed E-state index contributed by atoms with van der Waals surface area (Å²) < 4.78 is 5.94. The molecule has 0 aromatic heterocycles. The van der Waals surface area contributed by atoms with Crippen LogP contribution in [0.4, 0.5) is 0 Å². The fourth-order valence-electron chi connectivity index (χ4n) is 3.33. The lowest BCUT2D eigenvalue weighted by Gasteiger charge is -2.39. The van der Waals surface area contributed by atoms with Crippen LogP contribution in [0.25, 0.3) is 0 Å². The Morgan fingerprint density at radius 1 is 1.00 bits per heavy atom. The molecule has 25 heavy (non-hydrogen) atoms. The van der Waals surface area contributed by atoms with Gasteiger partial charge in [0, 0.05) is 5.92 Å². The molecule has 1 atom stereocenters. The lowest BCUT2D eigenvalue weighted by molar-refractivity contribution is -0.169. The number of ether oxygens (including phenoxy) is 1. The van der Waals surface area contributed by atoms with E-state index in [1.807, 2.05) is 37.3 Å². The van der Waals surface area contributed by atoms with Gasteiger partial charge in [-0.1, -0.05) is 58.0 Å². The monoisotopic (exact) mass is 348 g/mol. The van der Waals surface area contributed by atoms with Crippen molar-refractivity contribution in [3.8, 4) is 0 Å². The summed E-state index contributed by atoms with van der Waals surface area (Å²) >= 11 is 0. The van der Waals surface area contributed by atoms with Gasteiger partial charge in [-0.3, -0.25) is 9.59 Å². The van der Waals surface area contributed by atoms with Crippen molar-refractivity contribution >= 4 is 11.9 Å². The zero-order chi connectivity index (χ0) is 19.0. The predicted octanol–water partition coefficient (Wildman–Crippen LogP) is 5.02. The van der Waals surface area contributed by atoms with Crippen LogP contribution in [0.3, 0.4) is 0 Å². The van der Waals surface area contributed by atoms with Crippen molar-refractivity contribution in [2.45, 2.75) is 65.9 Å². The van der Waals surface area contributed by atoms with Crippen LogP contribution in [0.1, 0.15) is 65.9 Å². The van der Waals surface area contributed by atoms with Gasteiger partial charge in [-0.05, 0) is 37.2 Å². The molecule has 0 saturated heterocycles. The fourth-order valence-corrected chi connectivity index (χ4v) is 3.33. The van der Waals surface area contributed by atoms with Gasteiger partial charge in [-0.2, -0.15) is 0 Å². The number of carboxylic acid groups (broad SMARTS) is 1. The molecule has 0 aliphatic carbocycles. The Hall–Kier alpha value is -1.84. The summed E-state index contributed by atoms with van der Waals surface area (Å²) in [5.41, 5.74) is 0.204. The molecule has 4 heteroatoms. The maximum atomic E-state index is 12.3. The third-order valence-corrected chi connectivity index (χ3v) is 4.51. The molecule has 1 unspecified atom stereocenters. The standard InChI is InChI=1S/C21H32O4/c1-15(2)13-18(14-16(3)4)21(5,17-9-7-6-8-10-17)25-20(24)12-11-19(22)23/h6-10,15-16,18H,11-14H2,1-5H3,(H,22,23). The number of aliphatic carboxylic acids is 1. The van der Waals surface area contributed by atoms with E-state index >= 15 is 0 Å². The zero-order valence-corrected chi connectivity index (χ0v) is 16.1. The number of carbonyl (C=O) groups is 2. The SMILES string of the molecule is CC(C)CC(CC(C)C)C(C)(OC(=O)CCC(=O)O)c1ccccc1. The van der Waals surface area contributed by atoms with Gasteiger partial charge in [0.1, 0.15) is 5.60 Å². The molecule has 0 heterocycles. The molecule has 140 valence electrons. The van der Waals surface area contributed by atoms with Gasteiger partial charge in [0.2, 0.25) is 0 Å². The third kappa shape index (κ3) is 6.89. The third-order valence-electron chi connectivity index (χ3n) is 4.51. The van der Waals surface area contributed by atoms with Crippen molar-refractivity contribution in [3.05, 3.63) is 35.9 Å². The molecule has 0 spiro atoms. The maximum Gasteiger partial charge on any atom is 0.307 e. The topological polar surface area (TPSA) is 63.6 Å². The Balaban J connectivity index is 3.16. The molecule has 0 bridgehead atoms. The van der Waals surface area contributed by atoms with Crippen LogP contribution in [0.2, 0.25) is 0 Å². The molecule has 0 amide bonds. The Morgan fingerprint density at radius 3 is 1.96 bits per heavy atom. The van der Waals surface area contributed by atoms with Gasteiger partial charge in [-0.15, -0.1) is 0 Å². The molecule has 4 nitrogen and oxygen atoms in total. The van der Waals surface area contributed by atoms with Crippen molar-refractivity contribution in [2.75, 3.05) is 0 Å². The van der Waals surface area contributed by atoms with Crippen molar-refractivity contribution in [1.29, 1.82) is 0 Å². The van der Waals surface area contributed by atoms with Crippen LogP contribution in [-0.4, -0.2) is 17.0 Å². The van der Waals surface area contributed by atoms with E-state index in [-0.39, 0.29) is 18.8 Å². The highest BCUT2D eigenvalue weighted by molar-refractivity contribution is 5.76. The molecule has 1 N–H and O–H groups in total. The van der Waals surface area contributed by atoms with Crippen molar-refractivity contribution in [1.82, 2.24) is 0 Å². The number of hydrogen-bond donors (Lipinski definition) is 1. The molecular weight excluding hydrogens is 316 g/mol. The van der Waals surface area contributed by atoms with Crippen molar-refractivity contribution < 1.29 is 19.4 Å². The predicted molar refractivity (Wildman–Crippen MR) is 99.2 cm³/mol.